The summed E-state index contributed by atoms with van der Waals surface area (Å²) in [6.45, 7) is 0. The van der Waals surface area contributed by atoms with Gasteiger partial charge < -0.3 is 4.74 Å². The second-order valence-corrected chi connectivity index (χ2v) is 5.69. The molecule has 1 unspecified atom stereocenters. The standard InChI is InChI=1S/C16H14FN5O5/c1-20-15(25)13(23)9(7-18-20)12-14(24)22(16(26)21(2)19-12)8-4-5-10(17)11(6-8)27-3/h4-7,9H,1-3H3. The summed E-state index contributed by atoms with van der Waals surface area (Å²) in [4.78, 5) is 49.4. The SMILES string of the molecule is COc1cc(-n2c(=O)c(C3C=NN(C)C(=O)C3=O)nn(C)c2=O)ccc1F. The van der Waals surface area contributed by atoms with Crippen LogP contribution in [0.2, 0.25) is 0 Å². The van der Waals surface area contributed by atoms with Gasteiger partial charge in [-0.15, -0.1) is 0 Å². The monoisotopic (exact) mass is 375 g/mol. The number of Topliss-reactive ketones (excluding diaryl/α,β-unsaturated/α-hetero) is 1. The Balaban J connectivity index is 2.25. The number of methoxy groups -OCH3 is 1. The Bertz CT molecular complexity index is 1100. The molecule has 0 N–H and O–H groups in total. The lowest BCUT2D eigenvalue weighted by molar-refractivity contribution is -0.144. The van der Waals surface area contributed by atoms with Crippen LogP contribution in [0.15, 0.2) is 32.9 Å². The first-order chi connectivity index (χ1) is 12.8. The van der Waals surface area contributed by atoms with Crippen LogP contribution in [0.4, 0.5) is 4.39 Å². The number of hydrogen-bond donors (Lipinski definition) is 0. The zero-order chi connectivity index (χ0) is 19.9. The van der Waals surface area contributed by atoms with E-state index in [1.165, 1.54) is 27.3 Å². The van der Waals surface area contributed by atoms with Crippen molar-refractivity contribution >= 4 is 17.9 Å². The molecule has 140 valence electrons. The minimum Gasteiger partial charge on any atom is -0.494 e. The number of aromatic nitrogens is 3. The maximum absolute atomic E-state index is 13.7. The molecule has 0 aliphatic carbocycles. The second-order valence-electron chi connectivity index (χ2n) is 5.69. The number of amides is 1. The number of hydrogen-bond acceptors (Lipinski definition) is 7. The number of halogens is 1. The second kappa shape index (κ2) is 6.59. The van der Waals surface area contributed by atoms with Crippen LogP contribution in [0.5, 0.6) is 5.75 Å². The lowest BCUT2D eigenvalue weighted by Gasteiger charge is -2.20. The first-order valence-electron chi connectivity index (χ1n) is 7.66. The first-order valence-corrected chi connectivity index (χ1v) is 7.66. The van der Waals surface area contributed by atoms with Crippen LogP contribution < -0.4 is 16.0 Å². The van der Waals surface area contributed by atoms with Gasteiger partial charge in [-0.25, -0.2) is 23.4 Å². The molecule has 2 aromatic rings. The summed E-state index contributed by atoms with van der Waals surface area (Å²) < 4.78 is 20.1. The smallest absolute Gasteiger partial charge is 0.351 e. The van der Waals surface area contributed by atoms with E-state index >= 15 is 0 Å². The maximum Gasteiger partial charge on any atom is 0.351 e. The molecule has 2 heterocycles. The molecule has 0 radical (unpaired) electrons. The van der Waals surface area contributed by atoms with E-state index < -0.39 is 34.7 Å². The summed E-state index contributed by atoms with van der Waals surface area (Å²) in [5.74, 6) is -4.00. The zero-order valence-corrected chi connectivity index (χ0v) is 14.5. The highest BCUT2D eigenvalue weighted by Gasteiger charge is 2.35. The van der Waals surface area contributed by atoms with E-state index in [1.807, 2.05) is 0 Å². The normalized spacial score (nSPS) is 16.7. The average Bonchev–Trinajstić information content (AvgIpc) is 2.65. The predicted octanol–water partition coefficient (Wildman–Crippen LogP) is -0.811. The molecule has 3 rings (SSSR count). The van der Waals surface area contributed by atoms with Crippen molar-refractivity contribution in [3.63, 3.8) is 0 Å². The first kappa shape index (κ1) is 18.2. The number of benzene rings is 1. The van der Waals surface area contributed by atoms with Gasteiger partial charge in [-0.1, -0.05) is 0 Å². The van der Waals surface area contributed by atoms with E-state index in [0.717, 1.165) is 28.0 Å². The highest BCUT2D eigenvalue weighted by molar-refractivity contribution is 6.42. The highest BCUT2D eigenvalue weighted by atomic mass is 19.1. The fourth-order valence-corrected chi connectivity index (χ4v) is 2.58. The van der Waals surface area contributed by atoms with Gasteiger partial charge in [-0.05, 0) is 12.1 Å². The van der Waals surface area contributed by atoms with E-state index in [9.17, 15) is 23.6 Å². The molecule has 0 bridgehead atoms. The summed E-state index contributed by atoms with van der Waals surface area (Å²) >= 11 is 0. The maximum atomic E-state index is 13.7. The van der Waals surface area contributed by atoms with Crippen LogP contribution in [0.25, 0.3) is 5.69 Å². The fourth-order valence-electron chi connectivity index (χ4n) is 2.58. The number of ketones is 1. The van der Waals surface area contributed by atoms with E-state index in [1.54, 1.807) is 0 Å². The third-order valence-electron chi connectivity index (χ3n) is 4.01. The molecule has 1 amide bonds. The molecular formula is C16H14FN5O5. The molecule has 0 fully saturated rings. The summed E-state index contributed by atoms with van der Waals surface area (Å²) in [7, 11) is 3.81. The molecular weight excluding hydrogens is 361 g/mol. The number of hydrazone groups is 1. The topological polar surface area (TPSA) is 116 Å². The van der Waals surface area contributed by atoms with Crippen molar-refractivity contribution in [1.29, 1.82) is 0 Å². The zero-order valence-electron chi connectivity index (χ0n) is 14.5. The molecule has 10 nitrogen and oxygen atoms in total. The van der Waals surface area contributed by atoms with Crippen molar-refractivity contribution in [2.24, 2.45) is 12.1 Å². The predicted molar refractivity (Wildman–Crippen MR) is 90.6 cm³/mol. The summed E-state index contributed by atoms with van der Waals surface area (Å²) in [5, 5.41) is 8.42. The van der Waals surface area contributed by atoms with Crippen LogP contribution in [0, 0.1) is 5.82 Å². The lowest BCUT2D eigenvalue weighted by atomic mass is 10.00. The molecule has 0 saturated heterocycles. The number of rotatable bonds is 3. The number of carbonyl (C=O) groups is 2. The molecule has 1 aromatic carbocycles. The number of carbonyl (C=O) groups excluding carboxylic acids is 2. The van der Waals surface area contributed by atoms with E-state index in [2.05, 4.69) is 10.2 Å². The Morgan fingerprint density at radius 2 is 1.85 bits per heavy atom. The Morgan fingerprint density at radius 1 is 1.15 bits per heavy atom. The number of ether oxygens (including phenoxy) is 1. The van der Waals surface area contributed by atoms with Crippen molar-refractivity contribution in [2.75, 3.05) is 14.2 Å². The Labute approximate surface area is 151 Å². The van der Waals surface area contributed by atoms with Gasteiger partial charge in [0.05, 0.1) is 12.8 Å². The van der Waals surface area contributed by atoms with E-state index in [4.69, 9.17) is 4.74 Å². The van der Waals surface area contributed by atoms with Gasteiger partial charge in [0.15, 0.2) is 11.6 Å². The van der Waals surface area contributed by atoms with Gasteiger partial charge in [0, 0.05) is 26.4 Å². The average molecular weight is 375 g/mol. The number of aryl methyl sites for hydroxylation is 1. The molecule has 1 atom stereocenters. The van der Waals surface area contributed by atoms with Crippen molar-refractivity contribution in [3.05, 3.63) is 50.5 Å². The molecule has 1 aliphatic heterocycles. The van der Waals surface area contributed by atoms with Gasteiger partial charge >= 0.3 is 11.6 Å². The molecule has 11 heteroatoms. The molecule has 0 spiro atoms. The van der Waals surface area contributed by atoms with Crippen molar-refractivity contribution in [2.45, 2.75) is 5.92 Å². The van der Waals surface area contributed by atoms with Crippen molar-refractivity contribution in [3.8, 4) is 11.4 Å². The minimum absolute atomic E-state index is 0.0196. The van der Waals surface area contributed by atoms with Crippen LogP contribution in [-0.2, 0) is 16.6 Å². The summed E-state index contributed by atoms with van der Waals surface area (Å²) in [6.07, 6.45) is 1.10. The quantitative estimate of drug-likeness (QED) is 0.648. The van der Waals surface area contributed by atoms with Gasteiger partial charge in [-0.3, -0.25) is 14.4 Å². The molecule has 1 aliphatic rings. The van der Waals surface area contributed by atoms with Crippen molar-refractivity contribution < 1.29 is 18.7 Å². The van der Waals surface area contributed by atoms with Gasteiger partial charge in [0.2, 0.25) is 5.78 Å². The van der Waals surface area contributed by atoms with E-state index in [0.29, 0.717) is 4.57 Å². The molecule has 27 heavy (non-hydrogen) atoms. The van der Waals surface area contributed by atoms with Crippen LogP contribution in [0.1, 0.15) is 11.6 Å². The van der Waals surface area contributed by atoms with Crippen LogP contribution in [0.3, 0.4) is 0 Å². The highest BCUT2D eigenvalue weighted by Crippen LogP contribution is 2.20. The van der Waals surface area contributed by atoms with Crippen LogP contribution >= 0.6 is 0 Å². The fraction of sp³-hybridized carbons (Fsp3) is 0.250. The van der Waals surface area contributed by atoms with Gasteiger partial charge in [-0.2, -0.15) is 10.2 Å². The largest absolute Gasteiger partial charge is 0.494 e. The van der Waals surface area contributed by atoms with Gasteiger partial charge in [0.1, 0.15) is 11.6 Å². The number of likely N-dealkylation sites (N-methyl/N-ethyl adjacent to an activating group) is 1. The molecule has 0 saturated carbocycles. The Morgan fingerprint density at radius 3 is 2.52 bits per heavy atom. The summed E-state index contributed by atoms with van der Waals surface area (Å²) in [6, 6.07) is 3.41. The minimum atomic E-state index is -1.33. The Kier molecular flexibility index (Phi) is 4.44. The van der Waals surface area contributed by atoms with Gasteiger partial charge in [0.25, 0.3) is 5.56 Å². The van der Waals surface area contributed by atoms with Crippen LogP contribution in [-0.4, -0.2) is 51.4 Å². The van der Waals surface area contributed by atoms with Crippen molar-refractivity contribution in [1.82, 2.24) is 19.4 Å². The molecule has 1 aromatic heterocycles. The Hall–Kier alpha value is -3.63. The third-order valence-corrected chi connectivity index (χ3v) is 4.01. The third kappa shape index (κ3) is 2.92. The number of nitrogens with zero attached hydrogens (tertiary/aromatic N) is 5. The van der Waals surface area contributed by atoms with E-state index in [-0.39, 0.29) is 17.1 Å². The lowest BCUT2D eigenvalue weighted by Crippen LogP contribution is -2.46. The summed E-state index contributed by atoms with van der Waals surface area (Å²) in [5.41, 5.74) is -2.07.